The molecular formula is C23H23N2O6S4+. The minimum absolute atomic E-state index is 0.0192. The second-order valence-electron chi connectivity index (χ2n) is 8.36. The summed E-state index contributed by atoms with van der Waals surface area (Å²) in [6.07, 6.45) is 4.88. The third-order valence-electron chi connectivity index (χ3n) is 6.46. The molecule has 2 aliphatic heterocycles. The lowest BCUT2D eigenvalue weighted by Crippen LogP contribution is -2.66. The fourth-order valence-corrected chi connectivity index (χ4v) is 9.40. The molecule has 0 bridgehead atoms. The molecule has 12 heteroatoms. The van der Waals surface area contributed by atoms with Gasteiger partial charge in [-0.3, -0.25) is 0 Å². The largest absolute Gasteiger partial charge is 0.743 e. The van der Waals surface area contributed by atoms with Gasteiger partial charge in [0.25, 0.3) is 5.01 Å². The predicted molar refractivity (Wildman–Crippen MR) is 137 cm³/mol. The Kier molecular flexibility index (Phi) is 6.31. The van der Waals surface area contributed by atoms with Gasteiger partial charge in [0.1, 0.15) is 10.4 Å². The molecule has 2 aliphatic rings. The van der Waals surface area contributed by atoms with Crippen molar-refractivity contribution in [1.29, 1.82) is 0 Å². The molecule has 184 valence electrons. The second kappa shape index (κ2) is 9.02. The first kappa shape index (κ1) is 24.5. The molecule has 1 saturated heterocycles. The van der Waals surface area contributed by atoms with Crippen LogP contribution in [-0.2, 0) is 21.5 Å². The number of ether oxygens (including phenoxy) is 1. The first-order chi connectivity index (χ1) is 16.7. The molecule has 35 heavy (non-hydrogen) atoms. The molecule has 0 amide bonds. The van der Waals surface area contributed by atoms with E-state index in [-0.39, 0.29) is 11.0 Å². The summed E-state index contributed by atoms with van der Waals surface area (Å²) in [6.45, 7) is 2.36. The molecule has 0 aliphatic carbocycles. The lowest BCUT2D eigenvalue weighted by Gasteiger charge is -2.49. The monoisotopic (exact) mass is 551 g/mol. The van der Waals surface area contributed by atoms with E-state index in [1.807, 2.05) is 48.0 Å². The standard InChI is InChI=1S/C23H22N2O6S4/c1-3-14(8-20-24(11-23(26)27)16-12-32-13-19(16)33-20)9-21-25(7-6-22(25)35(28,29)30)17-10-15(31-2)4-5-18(17)34-21/h4-5,8-10,12-13,22H,3,6-7,11H2,1-2H3/p+1. The van der Waals surface area contributed by atoms with Gasteiger partial charge in [-0.15, -0.1) is 11.3 Å². The highest BCUT2D eigenvalue weighted by atomic mass is 32.2. The number of quaternary nitrogens is 1. The number of thiazole rings is 1. The molecule has 1 spiro atoms. The van der Waals surface area contributed by atoms with E-state index in [0.717, 1.165) is 36.4 Å². The number of benzene rings is 1. The molecule has 5 rings (SSSR count). The number of carboxylic acid groups (broad SMARTS) is 1. The van der Waals surface area contributed by atoms with Gasteiger partial charge in [-0.05, 0) is 35.9 Å². The quantitative estimate of drug-likeness (QED) is 0.264. The van der Waals surface area contributed by atoms with E-state index in [2.05, 4.69) is 0 Å². The van der Waals surface area contributed by atoms with Crippen LogP contribution in [0.25, 0.3) is 16.3 Å². The van der Waals surface area contributed by atoms with E-state index in [1.165, 1.54) is 34.4 Å². The van der Waals surface area contributed by atoms with E-state index in [0.29, 0.717) is 25.1 Å². The Hall–Kier alpha value is -2.22. The molecule has 1 fully saturated rings. The number of rotatable bonds is 7. The SMILES string of the molecule is CCC(=Cc1sc2cscc2[n+]1CC(=O)O)C=C1Sc2ccc(OC)cc2[N+]12CCC2S(=O)(=O)[O-]. The number of thioether (sulfide) groups is 1. The number of aliphatic carboxylic acids is 1. The second-order valence-corrected chi connectivity index (χ2v) is 12.8. The van der Waals surface area contributed by atoms with Crippen molar-refractivity contribution in [3.8, 4) is 5.75 Å². The van der Waals surface area contributed by atoms with Crippen molar-refractivity contribution in [3.05, 3.63) is 50.6 Å². The van der Waals surface area contributed by atoms with Crippen molar-refractivity contribution in [1.82, 2.24) is 4.48 Å². The highest BCUT2D eigenvalue weighted by Gasteiger charge is 2.59. The van der Waals surface area contributed by atoms with Crippen LogP contribution in [-0.4, -0.2) is 43.1 Å². The Balaban J connectivity index is 1.63. The highest BCUT2D eigenvalue weighted by molar-refractivity contribution is 8.03. The maximum atomic E-state index is 12.2. The summed E-state index contributed by atoms with van der Waals surface area (Å²) >= 11 is 4.52. The number of carbonyl (C=O) groups is 1. The van der Waals surface area contributed by atoms with Gasteiger partial charge in [-0.1, -0.05) is 18.3 Å². The van der Waals surface area contributed by atoms with Gasteiger partial charge >= 0.3 is 5.97 Å². The molecular weight excluding hydrogens is 529 g/mol. The summed E-state index contributed by atoms with van der Waals surface area (Å²) in [5.74, 6) is -0.312. The molecule has 4 heterocycles. The van der Waals surface area contributed by atoms with Crippen LogP contribution in [0.3, 0.4) is 0 Å². The maximum absolute atomic E-state index is 12.2. The molecule has 2 aromatic heterocycles. The van der Waals surface area contributed by atoms with E-state index < -0.39 is 21.5 Å². The van der Waals surface area contributed by atoms with Gasteiger partial charge < -0.3 is 14.4 Å². The zero-order valence-corrected chi connectivity index (χ0v) is 22.2. The number of aromatic nitrogens is 1. The van der Waals surface area contributed by atoms with E-state index in [4.69, 9.17) is 4.74 Å². The summed E-state index contributed by atoms with van der Waals surface area (Å²) in [6, 6.07) is 5.55. The van der Waals surface area contributed by atoms with Crippen molar-refractivity contribution in [2.75, 3.05) is 13.7 Å². The molecule has 0 saturated carbocycles. The summed E-state index contributed by atoms with van der Waals surface area (Å²) in [5, 5.41) is 13.9. The molecule has 1 N–H and O–H groups in total. The number of allylic oxidation sites excluding steroid dienone is 2. The minimum Gasteiger partial charge on any atom is -0.743 e. The minimum atomic E-state index is -4.54. The Morgan fingerprint density at radius 3 is 2.80 bits per heavy atom. The third kappa shape index (κ3) is 4.11. The fraction of sp³-hybridized carbons (Fsp3) is 0.304. The van der Waals surface area contributed by atoms with Crippen molar-refractivity contribution in [3.63, 3.8) is 0 Å². The van der Waals surface area contributed by atoms with Crippen LogP contribution in [0.1, 0.15) is 24.8 Å². The van der Waals surface area contributed by atoms with Crippen molar-refractivity contribution >= 4 is 72.5 Å². The first-order valence-corrected chi connectivity index (χ1v) is 14.9. The van der Waals surface area contributed by atoms with Gasteiger partial charge in [-0.2, -0.15) is 4.57 Å². The molecule has 3 aromatic rings. The zero-order chi connectivity index (χ0) is 25.0. The summed E-state index contributed by atoms with van der Waals surface area (Å²) in [5.41, 5.74) is 2.57. The number of fused-ring (bicyclic) bond motifs is 3. The van der Waals surface area contributed by atoms with Crippen LogP contribution in [0.2, 0.25) is 0 Å². The van der Waals surface area contributed by atoms with Crippen LogP contribution in [0.15, 0.2) is 50.5 Å². The number of methoxy groups -OCH3 is 1. The average Bonchev–Trinajstić information content (AvgIpc) is 3.44. The summed E-state index contributed by atoms with van der Waals surface area (Å²) in [7, 11) is -2.99. The average molecular weight is 552 g/mol. The highest BCUT2D eigenvalue weighted by Crippen LogP contribution is 2.58. The molecule has 1 aromatic carbocycles. The van der Waals surface area contributed by atoms with Gasteiger partial charge in [0.05, 0.1) is 30.4 Å². The number of hydrogen-bond acceptors (Lipinski definition) is 8. The molecule has 8 nitrogen and oxygen atoms in total. The normalized spacial score (nSPS) is 23.1. The van der Waals surface area contributed by atoms with Crippen molar-refractivity contribution < 1.29 is 32.2 Å². The summed E-state index contributed by atoms with van der Waals surface area (Å²) in [4.78, 5) is 12.4. The van der Waals surface area contributed by atoms with Crippen LogP contribution < -0.4 is 13.8 Å². The van der Waals surface area contributed by atoms with Crippen LogP contribution >= 0.6 is 34.4 Å². The Bertz CT molecular complexity index is 1500. The number of thiophene rings is 1. The molecule has 0 radical (unpaired) electrons. The number of carboxylic acids is 1. The summed E-state index contributed by atoms with van der Waals surface area (Å²) < 4.78 is 44.9. The van der Waals surface area contributed by atoms with Crippen LogP contribution in [0.5, 0.6) is 5.75 Å². The van der Waals surface area contributed by atoms with Crippen LogP contribution in [0.4, 0.5) is 5.69 Å². The lowest BCUT2D eigenvalue weighted by atomic mass is 10.1. The van der Waals surface area contributed by atoms with Gasteiger partial charge in [0.2, 0.25) is 12.1 Å². The van der Waals surface area contributed by atoms with Gasteiger partial charge in [-0.25, -0.2) is 17.7 Å². The molecule has 2 atom stereocenters. The number of hydrogen-bond donors (Lipinski definition) is 1. The lowest BCUT2D eigenvalue weighted by molar-refractivity contribution is -0.657. The zero-order valence-electron chi connectivity index (χ0n) is 19.0. The fourth-order valence-electron chi connectivity index (χ4n) is 4.67. The molecule has 2 unspecified atom stereocenters. The smallest absolute Gasteiger partial charge is 0.370 e. The third-order valence-corrected chi connectivity index (χ3v) is 10.9. The van der Waals surface area contributed by atoms with E-state index >= 15 is 0 Å². The van der Waals surface area contributed by atoms with E-state index in [9.17, 15) is 22.9 Å². The van der Waals surface area contributed by atoms with Crippen molar-refractivity contribution in [2.45, 2.75) is 36.6 Å². The Morgan fingerprint density at radius 2 is 2.17 bits per heavy atom. The van der Waals surface area contributed by atoms with Crippen LogP contribution in [0, 0.1) is 0 Å². The Labute approximate surface area is 215 Å². The Morgan fingerprint density at radius 1 is 1.37 bits per heavy atom. The van der Waals surface area contributed by atoms with E-state index in [1.54, 1.807) is 11.7 Å². The topological polar surface area (TPSA) is 108 Å². The van der Waals surface area contributed by atoms with Gasteiger partial charge in [0, 0.05) is 23.6 Å². The van der Waals surface area contributed by atoms with Crippen molar-refractivity contribution in [2.24, 2.45) is 0 Å². The predicted octanol–water partition coefficient (Wildman–Crippen LogP) is 4.37. The maximum Gasteiger partial charge on any atom is 0.370 e. The van der Waals surface area contributed by atoms with Gasteiger partial charge in [0.15, 0.2) is 26.2 Å². The first-order valence-electron chi connectivity index (χ1n) is 10.9. The number of nitrogens with zero attached hydrogens (tertiary/aromatic N) is 2.